The molecule has 17 heavy (non-hydrogen) atoms. The number of nitrogens with zero attached hydrogens (tertiary/aromatic N) is 2. The standard InChI is InChI=1S/C13H25N3S/c1-11(2)9-17-10-12(14-3)5-6-13-15-7-8-16(13)4/h7-8,11-12,14H,5-6,9-10H2,1-4H3. The maximum Gasteiger partial charge on any atom is 0.108 e. The summed E-state index contributed by atoms with van der Waals surface area (Å²) in [5.41, 5.74) is 0. The summed E-state index contributed by atoms with van der Waals surface area (Å²) in [5.74, 6) is 4.41. The van der Waals surface area contributed by atoms with Crippen LogP contribution in [0.3, 0.4) is 0 Å². The number of imidazole rings is 1. The van der Waals surface area contributed by atoms with Crippen LogP contribution in [0.2, 0.25) is 0 Å². The molecule has 98 valence electrons. The molecular formula is C13H25N3S. The van der Waals surface area contributed by atoms with Crippen LogP contribution in [0.1, 0.15) is 26.1 Å². The Morgan fingerprint density at radius 3 is 2.71 bits per heavy atom. The topological polar surface area (TPSA) is 29.9 Å². The van der Waals surface area contributed by atoms with Crippen molar-refractivity contribution in [2.24, 2.45) is 13.0 Å². The molecular weight excluding hydrogens is 230 g/mol. The Labute approximate surface area is 109 Å². The molecule has 1 rings (SSSR count). The molecule has 3 nitrogen and oxygen atoms in total. The van der Waals surface area contributed by atoms with Crippen molar-refractivity contribution in [1.82, 2.24) is 14.9 Å². The van der Waals surface area contributed by atoms with Crippen LogP contribution in [-0.4, -0.2) is 34.1 Å². The maximum absolute atomic E-state index is 4.36. The highest BCUT2D eigenvalue weighted by atomic mass is 32.2. The average molecular weight is 255 g/mol. The largest absolute Gasteiger partial charge is 0.338 e. The van der Waals surface area contributed by atoms with E-state index >= 15 is 0 Å². The molecule has 0 aromatic carbocycles. The van der Waals surface area contributed by atoms with Crippen LogP contribution in [0.5, 0.6) is 0 Å². The van der Waals surface area contributed by atoms with Gasteiger partial charge in [-0.15, -0.1) is 0 Å². The van der Waals surface area contributed by atoms with E-state index < -0.39 is 0 Å². The lowest BCUT2D eigenvalue weighted by molar-refractivity contribution is 0.557. The number of rotatable bonds is 8. The SMILES string of the molecule is CNC(CCc1nccn1C)CSCC(C)C. The molecule has 0 radical (unpaired) electrons. The van der Waals surface area contributed by atoms with E-state index in [1.165, 1.54) is 17.3 Å². The van der Waals surface area contributed by atoms with Crippen LogP contribution in [0.15, 0.2) is 12.4 Å². The summed E-state index contributed by atoms with van der Waals surface area (Å²) in [7, 11) is 4.11. The van der Waals surface area contributed by atoms with Crippen molar-refractivity contribution in [3.05, 3.63) is 18.2 Å². The fraction of sp³-hybridized carbons (Fsp3) is 0.769. The third-order valence-corrected chi connectivity index (χ3v) is 4.36. The van der Waals surface area contributed by atoms with Crippen molar-refractivity contribution in [2.45, 2.75) is 32.7 Å². The molecule has 1 unspecified atom stereocenters. The van der Waals surface area contributed by atoms with Crippen LogP contribution >= 0.6 is 11.8 Å². The van der Waals surface area contributed by atoms with Crippen LogP contribution in [0.25, 0.3) is 0 Å². The third kappa shape index (κ3) is 5.59. The number of nitrogens with one attached hydrogen (secondary N) is 1. The van der Waals surface area contributed by atoms with E-state index in [4.69, 9.17) is 0 Å². The summed E-state index contributed by atoms with van der Waals surface area (Å²) >= 11 is 2.05. The first-order chi connectivity index (χ1) is 8.13. The first-order valence-corrected chi connectivity index (χ1v) is 7.50. The van der Waals surface area contributed by atoms with Gasteiger partial charge < -0.3 is 9.88 Å². The van der Waals surface area contributed by atoms with Gasteiger partial charge in [-0.1, -0.05) is 13.8 Å². The molecule has 0 aliphatic rings. The highest BCUT2D eigenvalue weighted by molar-refractivity contribution is 7.99. The van der Waals surface area contributed by atoms with Gasteiger partial charge in [0.1, 0.15) is 5.82 Å². The number of hydrogen-bond acceptors (Lipinski definition) is 3. The fourth-order valence-corrected chi connectivity index (χ4v) is 2.92. The first-order valence-electron chi connectivity index (χ1n) is 6.34. The normalized spacial score (nSPS) is 13.2. The monoisotopic (exact) mass is 255 g/mol. The zero-order chi connectivity index (χ0) is 12.7. The van der Waals surface area contributed by atoms with Gasteiger partial charge in [0, 0.05) is 37.7 Å². The lowest BCUT2D eigenvalue weighted by Crippen LogP contribution is -2.29. The van der Waals surface area contributed by atoms with Gasteiger partial charge in [-0.05, 0) is 25.1 Å². The molecule has 1 aromatic rings. The van der Waals surface area contributed by atoms with Crippen molar-refractivity contribution in [3.63, 3.8) is 0 Å². The Morgan fingerprint density at radius 1 is 1.41 bits per heavy atom. The first kappa shape index (κ1) is 14.6. The quantitative estimate of drug-likeness (QED) is 0.773. The molecule has 0 bridgehead atoms. The summed E-state index contributed by atoms with van der Waals surface area (Å²) in [6, 6.07) is 0.593. The van der Waals surface area contributed by atoms with Crippen LogP contribution in [0, 0.1) is 5.92 Å². The Kier molecular flexibility index (Phi) is 6.66. The van der Waals surface area contributed by atoms with Crippen molar-refractivity contribution in [2.75, 3.05) is 18.6 Å². The van der Waals surface area contributed by atoms with Crippen LogP contribution in [-0.2, 0) is 13.5 Å². The molecule has 4 heteroatoms. The Balaban J connectivity index is 2.25. The molecule has 0 aliphatic heterocycles. The van der Waals surface area contributed by atoms with E-state index in [0.29, 0.717) is 6.04 Å². The lowest BCUT2D eigenvalue weighted by Gasteiger charge is -2.16. The number of thioether (sulfide) groups is 1. The molecule has 1 heterocycles. The molecule has 1 atom stereocenters. The summed E-state index contributed by atoms with van der Waals surface area (Å²) in [5, 5.41) is 3.40. The van der Waals surface area contributed by atoms with E-state index in [0.717, 1.165) is 18.8 Å². The smallest absolute Gasteiger partial charge is 0.108 e. The summed E-state index contributed by atoms with van der Waals surface area (Å²) in [6.45, 7) is 4.55. The van der Waals surface area contributed by atoms with Gasteiger partial charge in [0.25, 0.3) is 0 Å². The minimum absolute atomic E-state index is 0.593. The second kappa shape index (κ2) is 7.77. The maximum atomic E-state index is 4.36. The van der Waals surface area contributed by atoms with Gasteiger partial charge in [0.05, 0.1) is 0 Å². The lowest BCUT2D eigenvalue weighted by atomic mass is 10.2. The van der Waals surface area contributed by atoms with Gasteiger partial charge in [-0.3, -0.25) is 0 Å². The number of hydrogen-bond donors (Lipinski definition) is 1. The highest BCUT2D eigenvalue weighted by Crippen LogP contribution is 2.12. The van der Waals surface area contributed by atoms with Crippen molar-refractivity contribution in [3.8, 4) is 0 Å². The minimum Gasteiger partial charge on any atom is -0.338 e. The number of aryl methyl sites for hydroxylation is 2. The van der Waals surface area contributed by atoms with Crippen molar-refractivity contribution >= 4 is 11.8 Å². The average Bonchev–Trinajstić information content (AvgIpc) is 2.68. The predicted molar refractivity (Wildman–Crippen MR) is 76.5 cm³/mol. The summed E-state index contributed by atoms with van der Waals surface area (Å²) in [4.78, 5) is 4.36. The second-order valence-electron chi connectivity index (χ2n) is 4.91. The van der Waals surface area contributed by atoms with Crippen LogP contribution < -0.4 is 5.32 Å². The van der Waals surface area contributed by atoms with E-state index in [-0.39, 0.29) is 0 Å². The van der Waals surface area contributed by atoms with Crippen LogP contribution in [0.4, 0.5) is 0 Å². The molecule has 0 saturated heterocycles. The summed E-state index contributed by atoms with van der Waals surface area (Å²) in [6.07, 6.45) is 6.10. The molecule has 0 amide bonds. The predicted octanol–water partition coefficient (Wildman–Crippen LogP) is 2.33. The van der Waals surface area contributed by atoms with Gasteiger partial charge in [0.2, 0.25) is 0 Å². The molecule has 1 N–H and O–H groups in total. The fourth-order valence-electron chi connectivity index (χ4n) is 1.70. The van der Waals surface area contributed by atoms with E-state index in [1.54, 1.807) is 0 Å². The van der Waals surface area contributed by atoms with E-state index in [1.807, 2.05) is 24.2 Å². The molecule has 0 spiro atoms. The minimum atomic E-state index is 0.593. The zero-order valence-corrected chi connectivity index (χ0v) is 12.3. The van der Waals surface area contributed by atoms with Gasteiger partial charge in [-0.2, -0.15) is 11.8 Å². The Hall–Kier alpha value is -0.480. The summed E-state index contributed by atoms with van der Waals surface area (Å²) < 4.78 is 2.11. The molecule has 1 aromatic heterocycles. The number of aromatic nitrogens is 2. The van der Waals surface area contributed by atoms with E-state index in [2.05, 4.69) is 42.8 Å². The van der Waals surface area contributed by atoms with E-state index in [9.17, 15) is 0 Å². The third-order valence-electron chi connectivity index (χ3n) is 2.82. The molecule has 0 saturated carbocycles. The second-order valence-corrected chi connectivity index (χ2v) is 5.98. The van der Waals surface area contributed by atoms with Crippen molar-refractivity contribution in [1.29, 1.82) is 0 Å². The van der Waals surface area contributed by atoms with Crippen molar-refractivity contribution < 1.29 is 0 Å². The Bertz CT molecular complexity index is 309. The highest BCUT2D eigenvalue weighted by Gasteiger charge is 2.08. The Morgan fingerprint density at radius 2 is 2.18 bits per heavy atom. The van der Waals surface area contributed by atoms with Gasteiger partial charge in [0.15, 0.2) is 0 Å². The zero-order valence-electron chi connectivity index (χ0n) is 11.4. The molecule has 0 aliphatic carbocycles. The van der Waals surface area contributed by atoms with Gasteiger partial charge in [-0.25, -0.2) is 4.98 Å². The molecule has 0 fully saturated rings. The van der Waals surface area contributed by atoms with Gasteiger partial charge >= 0.3 is 0 Å².